The Labute approximate surface area is 235 Å². The lowest BCUT2D eigenvalue weighted by Gasteiger charge is -2.20. The van der Waals surface area contributed by atoms with Gasteiger partial charge in [-0.3, -0.25) is 28.7 Å². The van der Waals surface area contributed by atoms with Crippen LogP contribution in [0, 0.1) is 0 Å². The zero-order valence-corrected chi connectivity index (χ0v) is 22.2. The van der Waals surface area contributed by atoms with Gasteiger partial charge in [0.15, 0.2) is 5.69 Å². The number of hydrogen-bond donors (Lipinski definition) is 6. The van der Waals surface area contributed by atoms with Gasteiger partial charge in [0.2, 0.25) is 17.7 Å². The molecule has 0 aliphatic heterocycles. The number of carbonyl (C=O) groups is 5. The Morgan fingerprint density at radius 3 is 1.88 bits per heavy atom. The van der Waals surface area contributed by atoms with Gasteiger partial charge in [0.25, 0.3) is 5.91 Å². The molecule has 14 nitrogen and oxygen atoms in total. The summed E-state index contributed by atoms with van der Waals surface area (Å²) in [5.41, 5.74) is 7.00. The number of carboxylic acid groups (broad SMARTS) is 1. The molecule has 3 aromatic rings. The van der Waals surface area contributed by atoms with Gasteiger partial charge in [-0.15, -0.1) is 5.10 Å². The molecule has 1 aromatic heterocycles. The Morgan fingerprint density at radius 2 is 1.34 bits per heavy atom. The van der Waals surface area contributed by atoms with Crippen molar-refractivity contribution in [3.8, 4) is 0 Å². The quantitative estimate of drug-likeness (QED) is 0.128. The van der Waals surface area contributed by atoms with Crippen LogP contribution in [-0.4, -0.2) is 81.4 Å². The minimum Gasteiger partial charge on any atom is -0.480 e. The van der Waals surface area contributed by atoms with Crippen molar-refractivity contribution < 1.29 is 29.1 Å². The monoisotopic (exact) mass is 564 g/mol. The van der Waals surface area contributed by atoms with E-state index in [1.165, 1.54) is 10.9 Å². The molecule has 0 spiro atoms. The van der Waals surface area contributed by atoms with E-state index >= 15 is 0 Å². The molecule has 1 heterocycles. The Kier molecular flexibility index (Phi) is 11.5. The maximum absolute atomic E-state index is 13.1. The summed E-state index contributed by atoms with van der Waals surface area (Å²) in [5, 5.41) is 26.4. The van der Waals surface area contributed by atoms with E-state index in [2.05, 4.69) is 31.6 Å². The molecular formula is C27H32N8O6. The first-order chi connectivity index (χ1) is 19.7. The van der Waals surface area contributed by atoms with Gasteiger partial charge in [-0.05, 0) is 11.1 Å². The van der Waals surface area contributed by atoms with Crippen molar-refractivity contribution in [1.29, 1.82) is 0 Å². The molecule has 41 heavy (non-hydrogen) atoms. The van der Waals surface area contributed by atoms with E-state index < -0.39 is 54.8 Å². The molecule has 216 valence electrons. The maximum Gasteiger partial charge on any atom is 0.322 e. The van der Waals surface area contributed by atoms with Gasteiger partial charge in [0.1, 0.15) is 18.6 Å². The lowest BCUT2D eigenvalue weighted by atomic mass is 10.0. The fraction of sp³-hybridized carbons (Fsp3) is 0.296. The van der Waals surface area contributed by atoms with Crippen LogP contribution in [0.3, 0.4) is 0 Å². The van der Waals surface area contributed by atoms with Crippen LogP contribution < -0.4 is 27.0 Å². The van der Waals surface area contributed by atoms with Crippen molar-refractivity contribution in [3.63, 3.8) is 0 Å². The second-order valence-corrected chi connectivity index (χ2v) is 9.01. The average molecular weight is 565 g/mol. The number of amides is 4. The van der Waals surface area contributed by atoms with Gasteiger partial charge in [0, 0.05) is 19.4 Å². The normalized spacial score (nSPS) is 12.0. The Bertz CT molecular complexity index is 1330. The zero-order valence-electron chi connectivity index (χ0n) is 22.2. The molecule has 0 aliphatic carbocycles. The lowest BCUT2D eigenvalue weighted by molar-refractivity contribution is -0.138. The molecule has 4 amide bonds. The van der Waals surface area contributed by atoms with Crippen LogP contribution >= 0.6 is 0 Å². The van der Waals surface area contributed by atoms with E-state index in [0.717, 1.165) is 11.1 Å². The predicted molar refractivity (Wildman–Crippen MR) is 146 cm³/mol. The van der Waals surface area contributed by atoms with E-state index in [0.29, 0.717) is 13.1 Å². The number of carboxylic acids is 1. The van der Waals surface area contributed by atoms with Crippen LogP contribution in [0.1, 0.15) is 21.6 Å². The van der Waals surface area contributed by atoms with Gasteiger partial charge in [-0.2, -0.15) is 0 Å². The summed E-state index contributed by atoms with van der Waals surface area (Å²) in [6, 6.07) is 15.7. The third-order valence-electron chi connectivity index (χ3n) is 5.81. The van der Waals surface area contributed by atoms with E-state index in [-0.39, 0.29) is 18.5 Å². The molecule has 2 atom stereocenters. The largest absolute Gasteiger partial charge is 0.480 e. The third kappa shape index (κ3) is 10.2. The second-order valence-electron chi connectivity index (χ2n) is 9.01. The molecule has 0 saturated carbocycles. The topological polar surface area (TPSA) is 210 Å². The summed E-state index contributed by atoms with van der Waals surface area (Å²) < 4.78 is 1.41. The maximum atomic E-state index is 13.1. The van der Waals surface area contributed by atoms with Crippen LogP contribution in [0.4, 0.5) is 0 Å². The van der Waals surface area contributed by atoms with Crippen molar-refractivity contribution in [2.75, 3.05) is 19.6 Å². The Morgan fingerprint density at radius 1 is 0.805 bits per heavy atom. The van der Waals surface area contributed by atoms with Crippen molar-refractivity contribution in [3.05, 3.63) is 83.7 Å². The first-order valence-electron chi connectivity index (χ1n) is 12.8. The Hall–Kier alpha value is -5.11. The Balaban J connectivity index is 1.65. The van der Waals surface area contributed by atoms with Crippen molar-refractivity contribution in [2.45, 2.75) is 31.5 Å². The van der Waals surface area contributed by atoms with E-state index in [9.17, 15) is 24.0 Å². The number of benzene rings is 2. The highest BCUT2D eigenvalue weighted by Crippen LogP contribution is 2.06. The van der Waals surface area contributed by atoms with Crippen molar-refractivity contribution in [2.24, 2.45) is 5.73 Å². The highest BCUT2D eigenvalue weighted by Gasteiger charge is 2.25. The lowest BCUT2D eigenvalue weighted by Crippen LogP contribution is -2.53. The molecule has 0 fully saturated rings. The summed E-state index contributed by atoms with van der Waals surface area (Å²) >= 11 is 0. The summed E-state index contributed by atoms with van der Waals surface area (Å²) in [7, 11) is 0. The number of hydrogen-bond acceptors (Lipinski definition) is 8. The first kappa shape index (κ1) is 30.4. The highest BCUT2D eigenvalue weighted by molar-refractivity contribution is 5.97. The minimum atomic E-state index is -1.23. The number of aromatic nitrogens is 3. The van der Waals surface area contributed by atoms with Crippen LogP contribution in [-0.2, 0) is 38.6 Å². The molecule has 0 unspecified atom stereocenters. The van der Waals surface area contributed by atoms with Crippen molar-refractivity contribution in [1.82, 2.24) is 36.3 Å². The smallest absolute Gasteiger partial charge is 0.322 e. The van der Waals surface area contributed by atoms with Crippen LogP contribution in [0.25, 0.3) is 0 Å². The van der Waals surface area contributed by atoms with Crippen LogP contribution in [0.2, 0.25) is 0 Å². The second kappa shape index (κ2) is 15.5. The molecule has 0 saturated heterocycles. The van der Waals surface area contributed by atoms with Gasteiger partial charge >= 0.3 is 5.97 Å². The predicted octanol–water partition coefficient (Wildman–Crippen LogP) is -1.38. The SMILES string of the molecule is NCCn1cc(C(=O)N[C@@H](Cc2ccccc2)C(=O)NCC(=O)N[C@@H](Cc2ccccc2)C(=O)NCC(=O)O)nn1. The fourth-order valence-electron chi connectivity index (χ4n) is 3.82. The fourth-order valence-corrected chi connectivity index (χ4v) is 3.82. The van der Waals surface area contributed by atoms with Gasteiger partial charge in [-0.1, -0.05) is 65.9 Å². The zero-order chi connectivity index (χ0) is 29.6. The summed E-state index contributed by atoms with van der Waals surface area (Å²) in [6.07, 6.45) is 1.64. The molecule has 7 N–H and O–H groups in total. The standard InChI is InChI=1S/C27H32N8O6/c28-11-12-35-17-22(33-34-35)27(41)32-21(14-19-9-5-2-6-10-19)26(40)29-15-23(36)31-20(25(39)30-16-24(37)38)13-18-7-3-1-4-8-18/h1-10,17,20-21H,11-16,28H2,(H,29,40)(H,30,39)(H,31,36)(H,32,41)(H,37,38)/t20-,21-/m0/s1. The molecular weight excluding hydrogens is 532 g/mol. The highest BCUT2D eigenvalue weighted by atomic mass is 16.4. The molecule has 3 rings (SSSR count). The number of nitrogens with zero attached hydrogens (tertiary/aromatic N) is 3. The van der Waals surface area contributed by atoms with Gasteiger partial charge < -0.3 is 32.1 Å². The van der Waals surface area contributed by atoms with Crippen LogP contribution in [0.15, 0.2) is 66.9 Å². The first-order valence-corrected chi connectivity index (χ1v) is 12.8. The van der Waals surface area contributed by atoms with E-state index in [1.54, 1.807) is 54.6 Å². The number of carbonyl (C=O) groups excluding carboxylic acids is 4. The summed E-state index contributed by atoms with van der Waals surface area (Å²) in [6.45, 7) is -0.441. The number of nitrogens with two attached hydrogens (primary N) is 1. The number of rotatable bonds is 15. The number of nitrogens with one attached hydrogen (secondary N) is 4. The molecule has 14 heteroatoms. The van der Waals surface area contributed by atoms with Gasteiger partial charge in [-0.25, -0.2) is 0 Å². The third-order valence-corrected chi connectivity index (χ3v) is 5.81. The van der Waals surface area contributed by atoms with Gasteiger partial charge in [0.05, 0.1) is 19.3 Å². The van der Waals surface area contributed by atoms with Crippen LogP contribution in [0.5, 0.6) is 0 Å². The number of aliphatic carboxylic acids is 1. The van der Waals surface area contributed by atoms with E-state index in [4.69, 9.17) is 10.8 Å². The average Bonchev–Trinajstić information content (AvgIpc) is 3.44. The molecule has 2 aromatic carbocycles. The minimum absolute atomic E-state index is 0.00168. The molecule has 0 radical (unpaired) electrons. The van der Waals surface area contributed by atoms with Crippen molar-refractivity contribution >= 4 is 29.6 Å². The summed E-state index contributed by atoms with van der Waals surface area (Å²) in [4.78, 5) is 62.1. The summed E-state index contributed by atoms with van der Waals surface area (Å²) in [5.74, 6) is -3.87. The molecule has 0 aliphatic rings. The molecule has 0 bridgehead atoms. The van der Waals surface area contributed by atoms with E-state index in [1.807, 2.05) is 6.07 Å².